The lowest BCUT2D eigenvalue weighted by atomic mass is 9.74. The minimum atomic E-state index is -5.00. The first-order chi connectivity index (χ1) is 14.4. The normalized spacial score (nSPS) is 20.9. The zero-order valence-electron chi connectivity index (χ0n) is 17.8. The first-order valence-electron chi connectivity index (χ1n) is 9.87. The summed E-state index contributed by atoms with van der Waals surface area (Å²) in [5, 5.41) is 18.5. The summed E-state index contributed by atoms with van der Waals surface area (Å²) in [4.78, 5) is 0.603. The third-order valence-corrected chi connectivity index (χ3v) is 5.99. The Balaban J connectivity index is 2.28. The van der Waals surface area contributed by atoms with Crippen molar-refractivity contribution in [2.24, 2.45) is 0 Å². The predicted octanol–water partition coefficient (Wildman–Crippen LogP) is 7.03. The molecule has 1 heterocycles. The largest absolute Gasteiger partial charge is 0.482 e. The first kappa shape index (κ1) is 25.2. The molecule has 1 aliphatic rings. The van der Waals surface area contributed by atoms with Gasteiger partial charge >= 0.3 is 6.18 Å². The Morgan fingerprint density at radius 2 is 1.97 bits per heavy atom. The van der Waals surface area contributed by atoms with Gasteiger partial charge in [-0.3, -0.25) is 5.41 Å². The summed E-state index contributed by atoms with van der Waals surface area (Å²) in [6.07, 6.45) is -1.01. The minimum Gasteiger partial charge on any atom is -0.482 e. The van der Waals surface area contributed by atoms with E-state index in [9.17, 15) is 22.7 Å². The average Bonchev–Trinajstić information content (AvgIpc) is 2.65. The molecule has 1 aliphatic heterocycles. The number of fused-ring (bicyclic) bond motifs is 1. The van der Waals surface area contributed by atoms with Crippen molar-refractivity contribution in [2.75, 3.05) is 0 Å². The van der Waals surface area contributed by atoms with Crippen LogP contribution in [0.15, 0.2) is 53.5 Å². The molecule has 2 unspecified atom stereocenters. The maximum Gasteiger partial charge on any atom is 0.417 e. The summed E-state index contributed by atoms with van der Waals surface area (Å²) in [6, 6.07) is 3.71. The topological polar surface area (TPSA) is 53.3 Å². The molecule has 31 heavy (non-hydrogen) atoms. The molecule has 0 spiro atoms. The van der Waals surface area contributed by atoms with Gasteiger partial charge in [0.05, 0.1) is 5.04 Å². The third kappa shape index (κ3) is 5.80. The van der Waals surface area contributed by atoms with Gasteiger partial charge in [-0.25, -0.2) is 4.39 Å². The Morgan fingerprint density at radius 1 is 1.29 bits per heavy atom. The second kappa shape index (κ2) is 9.61. The van der Waals surface area contributed by atoms with Crippen LogP contribution in [0.2, 0.25) is 0 Å². The zero-order chi connectivity index (χ0) is 23.4. The van der Waals surface area contributed by atoms with Crippen molar-refractivity contribution in [3.8, 4) is 5.75 Å². The van der Waals surface area contributed by atoms with E-state index < -0.39 is 36.0 Å². The standard InChI is InChI=1S/C23H27F4NO2S/c1-5-11-21(18-12-17(24)9-10-19(18)30-21)14-22(29,23(25,26)27)13-20(28)31-16(4)8-7-15(3)6-2/h6-10,12,28-29H,2,5,11,13-14H2,1,3-4H3/b15-7-,16-8+,28-20?. The molecule has 0 bridgehead atoms. The molecule has 3 nitrogen and oxygen atoms in total. The van der Waals surface area contributed by atoms with Crippen molar-refractivity contribution in [3.05, 3.63) is 64.9 Å². The molecule has 2 atom stereocenters. The Hall–Kier alpha value is -2.06. The minimum absolute atomic E-state index is 0.187. The maximum atomic E-state index is 14.0. The van der Waals surface area contributed by atoms with E-state index in [0.717, 1.165) is 23.4 Å². The van der Waals surface area contributed by atoms with Crippen molar-refractivity contribution in [1.29, 1.82) is 5.41 Å². The highest BCUT2D eigenvalue weighted by Crippen LogP contribution is 2.54. The van der Waals surface area contributed by atoms with Gasteiger partial charge in [0.15, 0.2) is 5.60 Å². The van der Waals surface area contributed by atoms with Crippen LogP contribution in [0.25, 0.3) is 0 Å². The Morgan fingerprint density at radius 3 is 2.55 bits per heavy atom. The molecule has 0 amide bonds. The predicted molar refractivity (Wildman–Crippen MR) is 117 cm³/mol. The number of rotatable bonds is 9. The number of hydrogen-bond acceptors (Lipinski definition) is 4. The molecule has 2 rings (SSSR count). The van der Waals surface area contributed by atoms with Crippen LogP contribution in [0.3, 0.4) is 0 Å². The molecule has 170 valence electrons. The second-order valence-electron chi connectivity index (χ2n) is 7.79. The van der Waals surface area contributed by atoms with E-state index in [4.69, 9.17) is 10.1 Å². The van der Waals surface area contributed by atoms with Gasteiger partial charge < -0.3 is 9.84 Å². The second-order valence-corrected chi connectivity index (χ2v) is 9.13. The smallest absolute Gasteiger partial charge is 0.417 e. The Bertz CT molecular complexity index is 909. The number of hydrogen-bond donors (Lipinski definition) is 2. The van der Waals surface area contributed by atoms with Gasteiger partial charge in [0.1, 0.15) is 17.2 Å². The van der Waals surface area contributed by atoms with E-state index in [1.54, 1.807) is 32.1 Å². The van der Waals surface area contributed by atoms with E-state index in [-0.39, 0.29) is 11.5 Å². The van der Waals surface area contributed by atoms with Crippen molar-refractivity contribution < 1.29 is 27.4 Å². The summed E-state index contributed by atoms with van der Waals surface area (Å²) >= 11 is 0.853. The fourth-order valence-electron chi connectivity index (χ4n) is 3.56. The highest BCUT2D eigenvalue weighted by molar-refractivity contribution is 8.17. The molecule has 0 aliphatic carbocycles. The van der Waals surface area contributed by atoms with Crippen LogP contribution >= 0.6 is 11.8 Å². The number of aliphatic hydroxyl groups is 1. The van der Waals surface area contributed by atoms with E-state index in [2.05, 4.69) is 6.58 Å². The van der Waals surface area contributed by atoms with Gasteiger partial charge in [-0.1, -0.05) is 55.5 Å². The Kier molecular flexibility index (Phi) is 7.81. The van der Waals surface area contributed by atoms with Crippen LogP contribution in [0, 0.1) is 11.2 Å². The quantitative estimate of drug-likeness (QED) is 0.181. The fraction of sp³-hybridized carbons (Fsp3) is 0.435. The van der Waals surface area contributed by atoms with Gasteiger partial charge in [0.25, 0.3) is 0 Å². The first-order valence-corrected chi connectivity index (χ1v) is 10.7. The van der Waals surface area contributed by atoms with Gasteiger partial charge in [0, 0.05) is 18.4 Å². The summed E-state index contributed by atoms with van der Waals surface area (Å²) in [6.45, 7) is 8.89. The van der Waals surface area contributed by atoms with Crippen LogP contribution in [0.1, 0.15) is 52.0 Å². The average molecular weight is 458 g/mol. The molecule has 0 radical (unpaired) electrons. The van der Waals surface area contributed by atoms with Crippen molar-refractivity contribution >= 4 is 16.8 Å². The summed E-state index contributed by atoms with van der Waals surface area (Å²) in [5.74, 6) is -0.267. The lowest BCUT2D eigenvalue weighted by molar-refractivity contribution is -0.274. The van der Waals surface area contributed by atoms with Gasteiger partial charge in [0.2, 0.25) is 0 Å². The molecule has 0 saturated heterocycles. The zero-order valence-corrected chi connectivity index (χ0v) is 18.6. The highest BCUT2D eigenvalue weighted by atomic mass is 32.2. The van der Waals surface area contributed by atoms with Crippen LogP contribution < -0.4 is 4.74 Å². The Labute approximate surface area is 184 Å². The lowest BCUT2D eigenvalue weighted by Crippen LogP contribution is -2.55. The van der Waals surface area contributed by atoms with Crippen LogP contribution in [-0.4, -0.2) is 21.9 Å². The fourth-order valence-corrected chi connectivity index (χ4v) is 4.39. The van der Waals surface area contributed by atoms with Crippen LogP contribution in [0.5, 0.6) is 5.75 Å². The number of benzene rings is 1. The molecule has 1 aromatic rings. The third-order valence-electron chi connectivity index (χ3n) is 5.14. The van der Waals surface area contributed by atoms with Gasteiger partial charge in [-0.05, 0) is 43.4 Å². The van der Waals surface area contributed by atoms with Gasteiger partial charge in [-0.2, -0.15) is 13.2 Å². The molecule has 1 aromatic carbocycles. The van der Waals surface area contributed by atoms with Crippen molar-refractivity contribution in [3.63, 3.8) is 0 Å². The number of alkyl halides is 3. The van der Waals surface area contributed by atoms with E-state index >= 15 is 0 Å². The molecular weight excluding hydrogens is 430 g/mol. The number of allylic oxidation sites excluding steroid dienone is 5. The van der Waals surface area contributed by atoms with Crippen LogP contribution in [-0.2, 0) is 5.60 Å². The maximum absolute atomic E-state index is 14.0. The molecule has 0 saturated carbocycles. The molecule has 0 aromatic heterocycles. The lowest BCUT2D eigenvalue weighted by Gasteiger charge is -2.48. The highest BCUT2D eigenvalue weighted by Gasteiger charge is 2.61. The number of nitrogens with one attached hydrogen (secondary N) is 1. The molecule has 8 heteroatoms. The summed E-state index contributed by atoms with van der Waals surface area (Å²) in [5.41, 5.74) is -3.45. The monoisotopic (exact) mass is 457 g/mol. The van der Waals surface area contributed by atoms with Crippen molar-refractivity contribution in [1.82, 2.24) is 0 Å². The summed E-state index contributed by atoms with van der Waals surface area (Å²) in [7, 11) is 0. The number of ether oxygens (including phenoxy) is 1. The van der Waals surface area contributed by atoms with Crippen LogP contribution in [0.4, 0.5) is 17.6 Å². The van der Waals surface area contributed by atoms with E-state index in [0.29, 0.717) is 22.6 Å². The van der Waals surface area contributed by atoms with E-state index in [1.807, 2.05) is 6.92 Å². The summed E-state index contributed by atoms with van der Waals surface area (Å²) < 4.78 is 61.3. The molecule has 0 fully saturated rings. The van der Waals surface area contributed by atoms with Crippen molar-refractivity contribution in [2.45, 2.75) is 63.8 Å². The number of thioether (sulfide) groups is 1. The van der Waals surface area contributed by atoms with E-state index in [1.165, 1.54) is 12.1 Å². The van der Waals surface area contributed by atoms with Gasteiger partial charge in [-0.15, -0.1) is 0 Å². The molecule has 2 N–H and O–H groups in total. The number of halogens is 4. The SMILES string of the molecule is C=C/C(C)=C\C=C(/C)SC(=N)CC(O)(CC1(CCC)Oc2ccc(F)cc21)C(F)(F)F. The molecular formula is C23H27F4NO2S.